The molecule has 0 fully saturated rings. The quantitative estimate of drug-likeness (QED) is 0.795. The predicted molar refractivity (Wildman–Crippen MR) is 62.0 cm³/mol. The van der Waals surface area contributed by atoms with Crippen molar-refractivity contribution < 1.29 is 0 Å². The lowest BCUT2D eigenvalue weighted by molar-refractivity contribution is 0.508. The van der Waals surface area contributed by atoms with Gasteiger partial charge in [-0.1, -0.05) is 0 Å². The Morgan fingerprint density at radius 1 is 1.53 bits per heavy atom. The molecule has 0 saturated heterocycles. The normalized spacial score (nSPS) is 15.3. The molecule has 3 rings (SSSR count). The van der Waals surface area contributed by atoms with E-state index in [0.717, 1.165) is 25.5 Å². The Labute approximate surface area is 92.8 Å². The van der Waals surface area contributed by atoms with Crippen LogP contribution in [-0.4, -0.2) is 16.1 Å². The summed E-state index contributed by atoms with van der Waals surface area (Å²) in [4.78, 5) is 5.83. The fraction of sp³-hybridized carbons (Fsp3) is 0.364. The van der Waals surface area contributed by atoms with Crippen molar-refractivity contribution in [3.8, 4) is 11.3 Å². The molecule has 4 heteroatoms. The van der Waals surface area contributed by atoms with E-state index >= 15 is 0 Å². The highest BCUT2D eigenvalue weighted by molar-refractivity contribution is 7.10. The van der Waals surface area contributed by atoms with Crippen LogP contribution in [0.1, 0.15) is 10.7 Å². The van der Waals surface area contributed by atoms with Crippen LogP contribution in [0.4, 0.5) is 0 Å². The first-order valence-electron chi connectivity index (χ1n) is 5.16. The van der Waals surface area contributed by atoms with Crippen LogP contribution in [0, 0.1) is 6.92 Å². The van der Waals surface area contributed by atoms with E-state index in [4.69, 9.17) is 0 Å². The maximum absolute atomic E-state index is 4.46. The third-order valence-corrected chi connectivity index (χ3v) is 3.71. The van der Waals surface area contributed by atoms with Crippen molar-refractivity contribution in [3.05, 3.63) is 28.3 Å². The second kappa shape index (κ2) is 3.47. The molecular weight excluding hydrogens is 206 g/mol. The van der Waals surface area contributed by atoms with E-state index in [1.165, 1.54) is 16.1 Å². The SMILES string of the molecule is Cc1sccc1-c1cnc2n1CCNC2. The van der Waals surface area contributed by atoms with Crippen molar-refractivity contribution >= 4 is 11.3 Å². The first-order chi connectivity index (χ1) is 7.36. The maximum Gasteiger partial charge on any atom is 0.123 e. The standard InChI is InChI=1S/C11H13N3S/c1-8-9(2-5-15-8)10-6-13-11-7-12-3-4-14(10)11/h2,5-6,12H,3-4,7H2,1H3. The first-order valence-corrected chi connectivity index (χ1v) is 6.04. The van der Waals surface area contributed by atoms with Crippen LogP contribution in [0.5, 0.6) is 0 Å². The van der Waals surface area contributed by atoms with Crippen LogP contribution in [-0.2, 0) is 13.1 Å². The molecule has 15 heavy (non-hydrogen) atoms. The van der Waals surface area contributed by atoms with E-state index in [2.05, 4.69) is 33.2 Å². The Hall–Kier alpha value is -1.13. The molecule has 0 bridgehead atoms. The lowest BCUT2D eigenvalue weighted by Crippen LogP contribution is -2.28. The summed E-state index contributed by atoms with van der Waals surface area (Å²) in [6, 6.07) is 2.19. The monoisotopic (exact) mass is 219 g/mol. The largest absolute Gasteiger partial charge is 0.326 e. The molecule has 0 radical (unpaired) electrons. The lowest BCUT2D eigenvalue weighted by Gasteiger charge is -2.17. The molecule has 0 atom stereocenters. The molecule has 0 unspecified atom stereocenters. The van der Waals surface area contributed by atoms with Crippen LogP contribution in [0.15, 0.2) is 17.6 Å². The van der Waals surface area contributed by atoms with Crippen LogP contribution >= 0.6 is 11.3 Å². The number of hydrogen-bond donors (Lipinski definition) is 1. The Bertz CT molecular complexity index is 484. The number of hydrogen-bond acceptors (Lipinski definition) is 3. The van der Waals surface area contributed by atoms with Crippen molar-refractivity contribution in [2.24, 2.45) is 0 Å². The van der Waals surface area contributed by atoms with Gasteiger partial charge in [0.1, 0.15) is 5.82 Å². The van der Waals surface area contributed by atoms with E-state index in [9.17, 15) is 0 Å². The summed E-state index contributed by atoms with van der Waals surface area (Å²) in [5, 5.41) is 5.48. The minimum Gasteiger partial charge on any atom is -0.326 e. The fourth-order valence-corrected chi connectivity index (χ4v) is 2.77. The zero-order valence-corrected chi connectivity index (χ0v) is 9.47. The molecule has 0 spiro atoms. The summed E-state index contributed by atoms with van der Waals surface area (Å²) < 4.78 is 2.32. The van der Waals surface area contributed by atoms with E-state index < -0.39 is 0 Å². The molecule has 0 aliphatic carbocycles. The average molecular weight is 219 g/mol. The van der Waals surface area contributed by atoms with Gasteiger partial charge < -0.3 is 9.88 Å². The number of nitrogens with zero attached hydrogens (tertiary/aromatic N) is 2. The summed E-state index contributed by atoms with van der Waals surface area (Å²) in [5.41, 5.74) is 2.60. The van der Waals surface area contributed by atoms with Gasteiger partial charge in [0.2, 0.25) is 0 Å². The third-order valence-electron chi connectivity index (χ3n) is 2.87. The predicted octanol–water partition coefficient (Wildman–Crippen LogP) is 2.02. The van der Waals surface area contributed by atoms with Crippen LogP contribution < -0.4 is 5.32 Å². The van der Waals surface area contributed by atoms with Gasteiger partial charge in [-0.25, -0.2) is 4.98 Å². The first kappa shape index (κ1) is 9.12. The minimum atomic E-state index is 0.892. The van der Waals surface area contributed by atoms with Gasteiger partial charge in [-0.2, -0.15) is 0 Å². The molecule has 2 aromatic heterocycles. The smallest absolute Gasteiger partial charge is 0.123 e. The summed E-state index contributed by atoms with van der Waals surface area (Å²) in [6.07, 6.45) is 2.00. The minimum absolute atomic E-state index is 0.892. The molecular formula is C11H13N3S. The molecule has 1 N–H and O–H groups in total. The van der Waals surface area contributed by atoms with Crippen LogP contribution in [0.25, 0.3) is 11.3 Å². The van der Waals surface area contributed by atoms with Gasteiger partial charge in [0.25, 0.3) is 0 Å². The molecule has 0 aromatic carbocycles. The summed E-state index contributed by atoms with van der Waals surface area (Å²) in [6.45, 7) is 5.13. The summed E-state index contributed by atoms with van der Waals surface area (Å²) in [7, 11) is 0. The number of rotatable bonds is 1. The Morgan fingerprint density at radius 2 is 2.47 bits per heavy atom. The van der Waals surface area contributed by atoms with Crippen molar-refractivity contribution in [1.82, 2.24) is 14.9 Å². The Morgan fingerprint density at radius 3 is 3.27 bits per heavy atom. The van der Waals surface area contributed by atoms with Gasteiger partial charge in [-0.15, -0.1) is 11.3 Å². The van der Waals surface area contributed by atoms with Gasteiger partial charge in [-0.3, -0.25) is 0 Å². The second-order valence-electron chi connectivity index (χ2n) is 3.78. The Kier molecular flexibility index (Phi) is 2.11. The molecule has 3 heterocycles. The highest BCUT2D eigenvalue weighted by Gasteiger charge is 2.15. The molecule has 0 saturated carbocycles. The number of aromatic nitrogens is 2. The van der Waals surface area contributed by atoms with E-state index in [1.807, 2.05) is 6.20 Å². The number of imidazole rings is 1. The second-order valence-corrected chi connectivity index (χ2v) is 4.90. The van der Waals surface area contributed by atoms with Crippen LogP contribution in [0.3, 0.4) is 0 Å². The van der Waals surface area contributed by atoms with Crippen molar-refractivity contribution in [2.75, 3.05) is 6.54 Å². The fourth-order valence-electron chi connectivity index (χ4n) is 2.06. The molecule has 0 amide bonds. The summed E-state index contributed by atoms with van der Waals surface area (Å²) in [5.74, 6) is 1.15. The molecule has 3 nitrogen and oxygen atoms in total. The molecule has 1 aliphatic rings. The Balaban J connectivity index is 2.13. The number of fused-ring (bicyclic) bond motifs is 1. The topological polar surface area (TPSA) is 29.9 Å². The highest BCUT2D eigenvalue weighted by Crippen LogP contribution is 2.28. The number of nitrogens with one attached hydrogen (secondary N) is 1. The molecule has 78 valence electrons. The van der Waals surface area contributed by atoms with Crippen molar-refractivity contribution in [1.29, 1.82) is 0 Å². The maximum atomic E-state index is 4.46. The van der Waals surface area contributed by atoms with E-state index in [0.29, 0.717) is 0 Å². The zero-order chi connectivity index (χ0) is 10.3. The highest BCUT2D eigenvalue weighted by atomic mass is 32.1. The zero-order valence-electron chi connectivity index (χ0n) is 8.66. The van der Waals surface area contributed by atoms with E-state index in [-0.39, 0.29) is 0 Å². The third kappa shape index (κ3) is 1.41. The van der Waals surface area contributed by atoms with Crippen molar-refractivity contribution in [2.45, 2.75) is 20.0 Å². The van der Waals surface area contributed by atoms with Gasteiger partial charge in [0.05, 0.1) is 18.4 Å². The molecule has 2 aromatic rings. The van der Waals surface area contributed by atoms with Gasteiger partial charge >= 0.3 is 0 Å². The van der Waals surface area contributed by atoms with Gasteiger partial charge in [-0.05, 0) is 18.4 Å². The number of thiophene rings is 1. The van der Waals surface area contributed by atoms with Crippen molar-refractivity contribution in [3.63, 3.8) is 0 Å². The van der Waals surface area contributed by atoms with Gasteiger partial charge in [0, 0.05) is 23.5 Å². The lowest BCUT2D eigenvalue weighted by atomic mass is 10.2. The van der Waals surface area contributed by atoms with Gasteiger partial charge in [0.15, 0.2) is 0 Å². The summed E-state index contributed by atoms with van der Waals surface area (Å²) >= 11 is 1.80. The molecule has 1 aliphatic heterocycles. The number of aryl methyl sites for hydroxylation is 1. The van der Waals surface area contributed by atoms with Crippen LogP contribution in [0.2, 0.25) is 0 Å². The van der Waals surface area contributed by atoms with E-state index in [1.54, 1.807) is 11.3 Å². The average Bonchev–Trinajstić information content (AvgIpc) is 2.83.